The highest BCUT2D eigenvalue weighted by Crippen LogP contribution is 2.28. The monoisotopic (exact) mass is 288 g/mol. The minimum Gasteiger partial charge on any atom is -0.0776 e. The van der Waals surface area contributed by atoms with Crippen LogP contribution in [0.3, 0.4) is 0 Å². The van der Waals surface area contributed by atoms with Crippen LogP contribution in [0.25, 0.3) is 0 Å². The third kappa shape index (κ3) is 5.16. The topological polar surface area (TPSA) is 0 Å². The highest BCUT2D eigenvalue weighted by atomic mass is 14.2. The normalized spacial score (nSPS) is 24.6. The molecule has 0 saturated heterocycles. The third-order valence-corrected chi connectivity index (χ3v) is 5.26. The molecule has 2 aliphatic carbocycles. The summed E-state index contributed by atoms with van der Waals surface area (Å²) >= 11 is 0. The van der Waals surface area contributed by atoms with Gasteiger partial charge in [0, 0.05) is 0 Å². The summed E-state index contributed by atoms with van der Waals surface area (Å²) in [7, 11) is 0. The van der Waals surface area contributed by atoms with Crippen LogP contribution >= 0.6 is 0 Å². The summed E-state index contributed by atoms with van der Waals surface area (Å²) in [4.78, 5) is 0. The Balaban J connectivity index is 0.000000216. The van der Waals surface area contributed by atoms with E-state index in [1.165, 1.54) is 49.7 Å². The van der Waals surface area contributed by atoms with Gasteiger partial charge in [0.1, 0.15) is 0 Å². The molecule has 0 radical (unpaired) electrons. The minimum atomic E-state index is 0. The van der Waals surface area contributed by atoms with Gasteiger partial charge in [0.25, 0.3) is 0 Å². The van der Waals surface area contributed by atoms with E-state index < -0.39 is 0 Å². The fourth-order valence-corrected chi connectivity index (χ4v) is 3.57. The van der Waals surface area contributed by atoms with Gasteiger partial charge in [-0.25, -0.2) is 0 Å². The van der Waals surface area contributed by atoms with Gasteiger partial charge in [0.15, 0.2) is 0 Å². The van der Waals surface area contributed by atoms with E-state index >= 15 is 0 Å². The van der Waals surface area contributed by atoms with Crippen LogP contribution in [0.1, 0.15) is 76.1 Å². The first-order valence-electron chi connectivity index (χ1n) is 8.54. The van der Waals surface area contributed by atoms with E-state index in [9.17, 15) is 0 Å². The number of hydrogen-bond acceptors (Lipinski definition) is 0. The maximum Gasteiger partial charge on any atom is -0.0247 e. The van der Waals surface area contributed by atoms with Crippen LogP contribution in [-0.2, 0) is 12.8 Å². The predicted molar refractivity (Wildman–Crippen MR) is 96.0 cm³/mol. The minimum absolute atomic E-state index is 0. The van der Waals surface area contributed by atoms with E-state index in [1.807, 2.05) is 0 Å². The fraction of sp³-hybridized carbons (Fsp3) is 0.714. The summed E-state index contributed by atoms with van der Waals surface area (Å²) in [5, 5.41) is 0. The number of aryl methyl sites for hydroxylation is 2. The first-order chi connectivity index (χ1) is 9.45. The Bertz CT molecular complexity index is 395. The van der Waals surface area contributed by atoms with Gasteiger partial charge in [-0.05, 0) is 66.7 Å². The lowest BCUT2D eigenvalue weighted by molar-refractivity contribution is 0.308. The molecule has 0 spiro atoms. The first-order valence-corrected chi connectivity index (χ1v) is 8.54. The molecule has 0 aromatic heterocycles. The summed E-state index contributed by atoms with van der Waals surface area (Å²) in [6.45, 7) is 11.5. The van der Waals surface area contributed by atoms with Gasteiger partial charge in [0.2, 0.25) is 0 Å². The molecule has 0 bridgehead atoms. The largest absolute Gasteiger partial charge is 0.0776 e. The molecule has 0 aliphatic heterocycles. The van der Waals surface area contributed by atoms with Crippen LogP contribution in [0, 0.1) is 31.6 Å². The van der Waals surface area contributed by atoms with Crippen molar-refractivity contribution in [1.82, 2.24) is 0 Å². The predicted octanol–water partition coefficient (Wildman–Crippen LogP) is 6.51. The Kier molecular flexibility index (Phi) is 6.97. The van der Waals surface area contributed by atoms with E-state index in [2.05, 4.69) is 46.8 Å². The number of benzene rings is 1. The Morgan fingerprint density at radius 3 is 1.33 bits per heavy atom. The van der Waals surface area contributed by atoms with Crippen molar-refractivity contribution < 1.29 is 0 Å². The summed E-state index contributed by atoms with van der Waals surface area (Å²) in [5.74, 6) is 2.90. The average Bonchev–Trinajstić information content (AvgIpc) is 2.74. The van der Waals surface area contributed by atoms with E-state index in [-0.39, 0.29) is 7.43 Å². The van der Waals surface area contributed by atoms with E-state index in [0.29, 0.717) is 0 Å². The SMILES string of the molecule is C.CC1CCC(C)CC1.Cc1cc2c(cc1C)CC(C)C2. The van der Waals surface area contributed by atoms with E-state index in [1.54, 1.807) is 11.1 Å². The zero-order valence-corrected chi connectivity index (χ0v) is 14.1. The molecule has 2 aliphatic rings. The zero-order chi connectivity index (χ0) is 14.7. The average molecular weight is 289 g/mol. The molecule has 21 heavy (non-hydrogen) atoms. The molecule has 0 nitrogen and oxygen atoms in total. The lowest BCUT2D eigenvalue weighted by Crippen LogP contribution is -2.08. The molecule has 1 aromatic rings. The van der Waals surface area contributed by atoms with Crippen molar-refractivity contribution in [2.45, 2.75) is 80.6 Å². The molecule has 0 heterocycles. The summed E-state index contributed by atoms with van der Waals surface area (Å²) in [5.41, 5.74) is 6.07. The van der Waals surface area contributed by atoms with E-state index in [4.69, 9.17) is 0 Å². The molecule has 0 heteroatoms. The van der Waals surface area contributed by atoms with Crippen molar-refractivity contribution in [3.63, 3.8) is 0 Å². The summed E-state index contributed by atoms with van der Waals surface area (Å²) in [6.07, 6.45) is 8.47. The second-order valence-corrected chi connectivity index (χ2v) is 7.58. The standard InChI is InChI=1S/C12H16.C8H16.CH4/c1-8-4-11-6-9(2)10(3)7-12(11)5-8;1-7-3-5-8(2)6-4-7;/h6-8H,4-5H2,1-3H3;7-8H,3-6H2,1-2H3;1H4. The van der Waals surface area contributed by atoms with Gasteiger partial charge in [0.05, 0.1) is 0 Å². The lowest BCUT2D eigenvalue weighted by atomic mass is 9.84. The van der Waals surface area contributed by atoms with Gasteiger partial charge in [-0.3, -0.25) is 0 Å². The zero-order valence-electron chi connectivity index (χ0n) is 14.1. The van der Waals surface area contributed by atoms with Gasteiger partial charge < -0.3 is 0 Å². The van der Waals surface area contributed by atoms with Crippen LogP contribution in [-0.4, -0.2) is 0 Å². The molecule has 0 amide bonds. The van der Waals surface area contributed by atoms with Crippen molar-refractivity contribution in [2.75, 3.05) is 0 Å². The maximum absolute atomic E-state index is 2.37. The molecule has 120 valence electrons. The molecule has 0 unspecified atom stereocenters. The number of hydrogen-bond donors (Lipinski definition) is 0. The van der Waals surface area contributed by atoms with Crippen molar-refractivity contribution >= 4 is 0 Å². The summed E-state index contributed by atoms with van der Waals surface area (Å²) in [6, 6.07) is 4.74. The highest BCUT2D eigenvalue weighted by molar-refractivity contribution is 5.40. The Hall–Kier alpha value is -0.780. The Morgan fingerprint density at radius 1 is 0.667 bits per heavy atom. The van der Waals surface area contributed by atoms with Crippen molar-refractivity contribution in [3.05, 3.63) is 34.4 Å². The quantitative estimate of drug-likeness (QED) is 0.510. The van der Waals surface area contributed by atoms with Gasteiger partial charge in [-0.1, -0.05) is 66.0 Å². The number of fused-ring (bicyclic) bond motifs is 1. The summed E-state index contributed by atoms with van der Waals surface area (Å²) < 4.78 is 0. The van der Waals surface area contributed by atoms with Crippen LogP contribution in [0.5, 0.6) is 0 Å². The van der Waals surface area contributed by atoms with E-state index in [0.717, 1.165) is 17.8 Å². The second kappa shape index (κ2) is 8.01. The molecule has 0 N–H and O–H groups in total. The van der Waals surface area contributed by atoms with Crippen LogP contribution in [0.4, 0.5) is 0 Å². The highest BCUT2D eigenvalue weighted by Gasteiger charge is 2.17. The van der Waals surface area contributed by atoms with Crippen LogP contribution in [0.15, 0.2) is 12.1 Å². The van der Waals surface area contributed by atoms with Crippen LogP contribution < -0.4 is 0 Å². The van der Waals surface area contributed by atoms with Gasteiger partial charge in [-0.2, -0.15) is 0 Å². The van der Waals surface area contributed by atoms with Gasteiger partial charge >= 0.3 is 0 Å². The molecule has 0 atom stereocenters. The number of rotatable bonds is 0. The van der Waals surface area contributed by atoms with Gasteiger partial charge in [-0.15, -0.1) is 0 Å². The Morgan fingerprint density at radius 2 is 1.00 bits per heavy atom. The smallest absolute Gasteiger partial charge is 0.0247 e. The van der Waals surface area contributed by atoms with Crippen molar-refractivity contribution in [3.8, 4) is 0 Å². The van der Waals surface area contributed by atoms with Crippen LogP contribution in [0.2, 0.25) is 0 Å². The molecule has 1 aromatic carbocycles. The molecule has 1 fully saturated rings. The fourth-order valence-electron chi connectivity index (χ4n) is 3.57. The van der Waals surface area contributed by atoms with Crippen molar-refractivity contribution in [2.24, 2.45) is 17.8 Å². The third-order valence-electron chi connectivity index (χ3n) is 5.26. The maximum atomic E-state index is 2.37. The molecule has 3 rings (SSSR count). The second-order valence-electron chi connectivity index (χ2n) is 7.58. The Labute approximate surface area is 133 Å². The lowest BCUT2D eigenvalue weighted by Gasteiger charge is -2.22. The first kappa shape index (κ1) is 18.3. The van der Waals surface area contributed by atoms with Crippen molar-refractivity contribution in [1.29, 1.82) is 0 Å². The molecular formula is C21H36. The molecular weight excluding hydrogens is 252 g/mol. The molecule has 1 saturated carbocycles.